The van der Waals surface area contributed by atoms with Crippen LogP contribution < -0.4 is 5.32 Å². The fraction of sp³-hybridized carbons (Fsp3) is 0.429. The van der Waals surface area contributed by atoms with Crippen LogP contribution >= 0.6 is 11.6 Å². The van der Waals surface area contributed by atoms with Gasteiger partial charge in [-0.1, -0.05) is 24.6 Å². The SMILES string of the molecule is C=CCCC(NCCC)c1cc(Cl)ccc1F. The van der Waals surface area contributed by atoms with Crippen molar-refractivity contribution in [2.75, 3.05) is 6.54 Å². The Morgan fingerprint density at radius 3 is 2.94 bits per heavy atom. The Labute approximate surface area is 108 Å². The molecule has 1 aromatic carbocycles. The van der Waals surface area contributed by atoms with E-state index in [4.69, 9.17) is 11.6 Å². The van der Waals surface area contributed by atoms with E-state index in [2.05, 4.69) is 18.8 Å². The minimum atomic E-state index is -0.202. The number of benzene rings is 1. The third kappa shape index (κ3) is 4.49. The molecule has 0 amide bonds. The van der Waals surface area contributed by atoms with Gasteiger partial charge in [0.25, 0.3) is 0 Å². The third-order valence-corrected chi connectivity index (χ3v) is 2.87. The van der Waals surface area contributed by atoms with Gasteiger partial charge < -0.3 is 5.32 Å². The van der Waals surface area contributed by atoms with Gasteiger partial charge in [0.2, 0.25) is 0 Å². The summed E-state index contributed by atoms with van der Waals surface area (Å²) < 4.78 is 13.7. The lowest BCUT2D eigenvalue weighted by molar-refractivity contribution is 0.476. The Balaban J connectivity index is 2.85. The summed E-state index contributed by atoms with van der Waals surface area (Å²) in [6.45, 7) is 6.66. The second kappa shape index (κ2) is 7.46. The van der Waals surface area contributed by atoms with Gasteiger partial charge in [-0.3, -0.25) is 0 Å². The molecule has 0 bridgehead atoms. The summed E-state index contributed by atoms with van der Waals surface area (Å²) in [5.41, 5.74) is 0.646. The van der Waals surface area contributed by atoms with E-state index >= 15 is 0 Å². The van der Waals surface area contributed by atoms with Crippen molar-refractivity contribution in [3.05, 3.63) is 47.3 Å². The monoisotopic (exact) mass is 255 g/mol. The van der Waals surface area contributed by atoms with Crippen molar-refractivity contribution in [2.45, 2.75) is 32.2 Å². The second-order valence-electron chi connectivity index (χ2n) is 4.04. The van der Waals surface area contributed by atoms with Crippen molar-refractivity contribution in [3.63, 3.8) is 0 Å². The maximum Gasteiger partial charge on any atom is 0.128 e. The lowest BCUT2D eigenvalue weighted by atomic mass is 10.0. The maximum atomic E-state index is 13.7. The highest BCUT2D eigenvalue weighted by molar-refractivity contribution is 6.30. The molecule has 94 valence electrons. The van der Waals surface area contributed by atoms with Crippen LogP contribution in [0.4, 0.5) is 4.39 Å². The smallest absolute Gasteiger partial charge is 0.128 e. The third-order valence-electron chi connectivity index (χ3n) is 2.63. The largest absolute Gasteiger partial charge is 0.310 e. The number of halogens is 2. The van der Waals surface area contributed by atoms with Gasteiger partial charge in [0, 0.05) is 16.6 Å². The van der Waals surface area contributed by atoms with Crippen LogP contribution in [0.15, 0.2) is 30.9 Å². The molecule has 0 aliphatic heterocycles. The molecule has 1 N–H and O–H groups in total. The van der Waals surface area contributed by atoms with E-state index in [1.54, 1.807) is 12.1 Å². The van der Waals surface area contributed by atoms with E-state index < -0.39 is 0 Å². The van der Waals surface area contributed by atoms with Crippen molar-refractivity contribution in [2.24, 2.45) is 0 Å². The summed E-state index contributed by atoms with van der Waals surface area (Å²) in [5.74, 6) is -0.202. The van der Waals surface area contributed by atoms with Crippen LogP contribution in [0.3, 0.4) is 0 Å². The van der Waals surface area contributed by atoms with Gasteiger partial charge in [-0.25, -0.2) is 4.39 Å². The molecule has 0 spiro atoms. The average molecular weight is 256 g/mol. The molecule has 0 aliphatic rings. The first-order chi connectivity index (χ1) is 8.19. The predicted octanol–water partition coefficient (Wildman–Crippen LogP) is 4.49. The van der Waals surface area contributed by atoms with E-state index in [9.17, 15) is 4.39 Å². The van der Waals surface area contributed by atoms with Gasteiger partial charge in [-0.05, 0) is 44.0 Å². The molecule has 0 aliphatic carbocycles. The van der Waals surface area contributed by atoms with Gasteiger partial charge in [0.15, 0.2) is 0 Å². The number of allylic oxidation sites excluding steroid dienone is 1. The normalized spacial score (nSPS) is 12.4. The number of hydrogen-bond acceptors (Lipinski definition) is 1. The van der Waals surface area contributed by atoms with Crippen LogP contribution in [0, 0.1) is 5.82 Å². The average Bonchev–Trinajstić information content (AvgIpc) is 2.33. The fourth-order valence-electron chi connectivity index (χ4n) is 1.75. The summed E-state index contributed by atoms with van der Waals surface area (Å²) in [6, 6.07) is 4.70. The fourth-order valence-corrected chi connectivity index (χ4v) is 1.93. The lowest BCUT2D eigenvalue weighted by Gasteiger charge is -2.19. The Kier molecular flexibility index (Phi) is 6.23. The number of hydrogen-bond donors (Lipinski definition) is 1. The van der Waals surface area contributed by atoms with Gasteiger partial charge in [-0.15, -0.1) is 6.58 Å². The summed E-state index contributed by atoms with van der Waals surface area (Å²) >= 11 is 5.91. The van der Waals surface area contributed by atoms with E-state index in [1.807, 2.05) is 6.08 Å². The highest BCUT2D eigenvalue weighted by Crippen LogP contribution is 2.24. The van der Waals surface area contributed by atoms with Gasteiger partial charge in [-0.2, -0.15) is 0 Å². The molecular formula is C14H19ClFN. The summed E-state index contributed by atoms with van der Waals surface area (Å²) in [7, 11) is 0. The molecule has 1 nitrogen and oxygen atoms in total. The van der Waals surface area contributed by atoms with Crippen molar-refractivity contribution < 1.29 is 4.39 Å². The highest BCUT2D eigenvalue weighted by Gasteiger charge is 2.14. The molecule has 1 atom stereocenters. The molecule has 0 saturated carbocycles. The zero-order chi connectivity index (χ0) is 12.7. The first-order valence-electron chi connectivity index (χ1n) is 5.98. The molecule has 0 aromatic heterocycles. The Morgan fingerprint density at radius 1 is 1.53 bits per heavy atom. The first-order valence-corrected chi connectivity index (χ1v) is 6.36. The maximum absolute atomic E-state index is 13.7. The summed E-state index contributed by atoms with van der Waals surface area (Å²) in [6.07, 6.45) is 4.56. The highest BCUT2D eigenvalue weighted by atomic mass is 35.5. The number of nitrogens with one attached hydrogen (secondary N) is 1. The van der Waals surface area contributed by atoms with Crippen LogP contribution in [0.5, 0.6) is 0 Å². The Hall–Kier alpha value is -0.860. The molecule has 1 unspecified atom stereocenters. The van der Waals surface area contributed by atoms with E-state index in [-0.39, 0.29) is 11.9 Å². The molecule has 1 aromatic rings. The molecule has 17 heavy (non-hydrogen) atoms. The molecule has 0 fully saturated rings. The molecule has 3 heteroatoms. The van der Waals surface area contributed by atoms with Crippen LogP contribution in [-0.2, 0) is 0 Å². The Morgan fingerprint density at radius 2 is 2.29 bits per heavy atom. The summed E-state index contributed by atoms with van der Waals surface area (Å²) in [5, 5.41) is 3.91. The van der Waals surface area contributed by atoms with Gasteiger partial charge >= 0.3 is 0 Å². The second-order valence-corrected chi connectivity index (χ2v) is 4.48. The van der Waals surface area contributed by atoms with E-state index in [0.29, 0.717) is 10.6 Å². The Bertz CT molecular complexity index is 365. The standard InChI is InChI=1S/C14H19ClFN/c1-3-5-6-14(17-9-4-2)12-10-11(15)7-8-13(12)16/h3,7-8,10,14,17H,1,4-6,9H2,2H3. The number of rotatable bonds is 7. The van der Waals surface area contributed by atoms with Crippen molar-refractivity contribution in [3.8, 4) is 0 Å². The lowest BCUT2D eigenvalue weighted by Crippen LogP contribution is -2.23. The van der Waals surface area contributed by atoms with Crippen LogP contribution in [0.2, 0.25) is 5.02 Å². The minimum Gasteiger partial charge on any atom is -0.310 e. The molecule has 1 rings (SSSR count). The van der Waals surface area contributed by atoms with Gasteiger partial charge in [0.1, 0.15) is 5.82 Å². The van der Waals surface area contributed by atoms with Crippen molar-refractivity contribution >= 4 is 11.6 Å². The molecule has 0 radical (unpaired) electrons. The van der Waals surface area contributed by atoms with Gasteiger partial charge in [0.05, 0.1) is 0 Å². The minimum absolute atomic E-state index is 0.00616. The first kappa shape index (κ1) is 14.2. The molecule has 0 saturated heterocycles. The van der Waals surface area contributed by atoms with Crippen LogP contribution in [0.1, 0.15) is 37.8 Å². The summed E-state index contributed by atoms with van der Waals surface area (Å²) in [4.78, 5) is 0. The zero-order valence-electron chi connectivity index (χ0n) is 10.2. The van der Waals surface area contributed by atoms with Crippen LogP contribution in [-0.4, -0.2) is 6.54 Å². The van der Waals surface area contributed by atoms with Crippen molar-refractivity contribution in [1.82, 2.24) is 5.32 Å². The quantitative estimate of drug-likeness (QED) is 0.708. The van der Waals surface area contributed by atoms with E-state index in [1.165, 1.54) is 6.07 Å². The predicted molar refractivity (Wildman–Crippen MR) is 71.9 cm³/mol. The zero-order valence-corrected chi connectivity index (χ0v) is 10.9. The topological polar surface area (TPSA) is 12.0 Å². The van der Waals surface area contributed by atoms with Crippen molar-refractivity contribution in [1.29, 1.82) is 0 Å². The molecular weight excluding hydrogens is 237 g/mol. The van der Waals surface area contributed by atoms with Crippen LogP contribution in [0.25, 0.3) is 0 Å². The van der Waals surface area contributed by atoms with E-state index in [0.717, 1.165) is 25.8 Å². The molecule has 0 heterocycles.